The summed E-state index contributed by atoms with van der Waals surface area (Å²) in [5.74, 6) is -0.214. The highest BCUT2D eigenvalue weighted by Crippen LogP contribution is 2.37. The van der Waals surface area contributed by atoms with Gasteiger partial charge in [-0.25, -0.2) is 0 Å². The molecule has 0 saturated heterocycles. The smallest absolute Gasteiger partial charge is 0.387 e. The molecule has 0 unspecified atom stereocenters. The van der Waals surface area contributed by atoms with Crippen molar-refractivity contribution in [2.75, 3.05) is 5.32 Å². The maximum absolute atomic E-state index is 12.2. The summed E-state index contributed by atoms with van der Waals surface area (Å²) < 4.78 is 28.7. The Morgan fingerprint density at radius 2 is 1.65 bits per heavy atom. The quantitative estimate of drug-likeness (QED) is 0.817. The summed E-state index contributed by atoms with van der Waals surface area (Å²) in [4.78, 5) is 0. The molecule has 6 heteroatoms. The molecular formula is C14H11Cl2F2NO. The van der Waals surface area contributed by atoms with Gasteiger partial charge in [0.15, 0.2) is 5.75 Å². The van der Waals surface area contributed by atoms with Crippen LogP contribution >= 0.6 is 23.2 Å². The summed E-state index contributed by atoms with van der Waals surface area (Å²) in [7, 11) is 0. The Morgan fingerprint density at radius 3 is 2.20 bits per heavy atom. The summed E-state index contributed by atoms with van der Waals surface area (Å²) in [6.45, 7) is -2.39. The summed E-state index contributed by atoms with van der Waals surface area (Å²) in [6, 6.07) is 12.7. The second kappa shape index (κ2) is 6.77. The van der Waals surface area contributed by atoms with Crippen molar-refractivity contribution in [3.63, 3.8) is 0 Å². The van der Waals surface area contributed by atoms with Crippen LogP contribution in [0.25, 0.3) is 0 Å². The highest BCUT2D eigenvalue weighted by Gasteiger charge is 2.14. The molecule has 0 aliphatic rings. The number of anilines is 1. The number of ether oxygens (including phenoxy) is 1. The molecule has 0 radical (unpaired) electrons. The third kappa shape index (κ3) is 3.99. The van der Waals surface area contributed by atoms with E-state index in [0.717, 1.165) is 5.56 Å². The zero-order valence-electron chi connectivity index (χ0n) is 10.2. The van der Waals surface area contributed by atoms with Gasteiger partial charge in [0.1, 0.15) is 0 Å². The van der Waals surface area contributed by atoms with Gasteiger partial charge in [0, 0.05) is 12.2 Å². The van der Waals surface area contributed by atoms with Gasteiger partial charge in [-0.15, -0.1) is 0 Å². The van der Waals surface area contributed by atoms with Crippen molar-refractivity contribution < 1.29 is 13.5 Å². The normalized spacial score (nSPS) is 10.7. The van der Waals surface area contributed by atoms with E-state index in [1.165, 1.54) is 12.1 Å². The highest BCUT2D eigenvalue weighted by molar-refractivity contribution is 6.37. The van der Waals surface area contributed by atoms with E-state index in [-0.39, 0.29) is 15.8 Å². The van der Waals surface area contributed by atoms with Gasteiger partial charge in [-0.3, -0.25) is 0 Å². The standard InChI is InChI=1S/C14H11Cl2F2NO/c15-11-6-10(7-12(16)13(11)20-14(17)18)19-8-9-4-2-1-3-5-9/h1-7,14,19H,8H2. The van der Waals surface area contributed by atoms with Crippen LogP contribution in [0.5, 0.6) is 5.75 Å². The fraction of sp³-hybridized carbons (Fsp3) is 0.143. The van der Waals surface area contributed by atoms with Crippen LogP contribution in [0.2, 0.25) is 10.0 Å². The molecule has 1 N–H and O–H groups in total. The lowest BCUT2D eigenvalue weighted by molar-refractivity contribution is -0.0497. The first-order valence-electron chi connectivity index (χ1n) is 5.78. The molecule has 0 aliphatic heterocycles. The number of nitrogens with one attached hydrogen (secondary N) is 1. The van der Waals surface area contributed by atoms with Crippen LogP contribution < -0.4 is 10.1 Å². The Kier molecular flexibility index (Phi) is 5.04. The Labute approximate surface area is 125 Å². The number of hydrogen-bond acceptors (Lipinski definition) is 2. The number of hydrogen-bond donors (Lipinski definition) is 1. The molecule has 0 saturated carbocycles. The van der Waals surface area contributed by atoms with Crippen molar-refractivity contribution in [3.8, 4) is 5.75 Å². The van der Waals surface area contributed by atoms with E-state index < -0.39 is 6.61 Å². The number of alkyl halides is 2. The maximum atomic E-state index is 12.2. The minimum atomic E-state index is -2.96. The number of rotatable bonds is 5. The van der Waals surface area contributed by atoms with Crippen LogP contribution in [0.15, 0.2) is 42.5 Å². The van der Waals surface area contributed by atoms with Crippen molar-refractivity contribution in [2.24, 2.45) is 0 Å². The van der Waals surface area contributed by atoms with E-state index in [1.54, 1.807) is 0 Å². The van der Waals surface area contributed by atoms with Crippen LogP contribution in [-0.4, -0.2) is 6.61 Å². The SMILES string of the molecule is FC(F)Oc1c(Cl)cc(NCc2ccccc2)cc1Cl. The molecule has 2 rings (SSSR count). The Balaban J connectivity index is 2.10. The molecule has 2 nitrogen and oxygen atoms in total. The third-order valence-corrected chi connectivity index (χ3v) is 3.11. The third-order valence-electron chi connectivity index (χ3n) is 2.54. The van der Waals surface area contributed by atoms with Gasteiger partial charge in [-0.1, -0.05) is 53.5 Å². The first-order valence-corrected chi connectivity index (χ1v) is 6.53. The van der Waals surface area contributed by atoms with Gasteiger partial charge in [-0.2, -0.15) is 8.78 Å². The molecule has 0 aromatic heterocycles. The Morgan fingerprint density at radius 1 is 1.05 bits per heavy atom. The van der Waals surface area contributed by atoms with E-state index in [9.17, 15) is 8.78 Å². The van der Waals surface area contributed by atoms with Crippen LogP contribution in [0.4, 0.5) is 14.5 Å². The summed E-state index contributed by atoms with van der Waals surface area (Å²) >= 11 is 11.8. The first-order chi connectivity index (χ1) is 9.56. The fourth-order valence-electron chi connectivity index (χ4n) is 1.66. The summed E-state index contributed by atoms with van der Waals surface area (Å²) in [6.07, 6.45) is 0. The molecule has 2 aromatic carbocycles. The van der Waals surface area contributed by atoms with Crippen LogP contribution in [0, 0.1) is 0 Å². The number of benzene rings is 2. The minimum Gasteiger partial charge on any atom is -0.432 e. The van der Waals surface area contributed by atoms with Gasteiger partial charge in [0.25, 0.3) is 0 Å². The molecule has 0 heterocycles. The van der Waals surface area contributed by atoms with Gasteiger partial charge < -0.3 is 10.1 Å². The molecule has 0 amide bonds. The predicted molar refractivity (Wildman–Crippen MR) is 76.9 cm³/mol. The second-order valence-electron chi connectivity index (χ2n) is 3.99. The maximum Gasteiger partial charge on any atom is 0.387 e. The van der Waals surface area contributed by atoms with E-state index in [2.05, 4.69) is 10.1 Å². The minimum absolute atomic E-state index is 0.0355. The zero-order valence-corrected chi connectivity index (χ0v) is 11.8. The lowest BCUT2D eigenvalue weighted by atomic mass is 10.2. The van der Waals surface area contributed by atoms with E-state index in [1.807, 2.05) is 30.3 Å². The fourth-order valence-corrected chi connectivity index (χ4v) is 2.24. The van der Waals surface area contributed by atoms with Gasteiger partial charge in [-0.05, 0) is 17.7 Å². The summed E-state index contributed by atoms with van der Waals surface area (Å²) in [5.41, 5.74) is 1.71. The summed E-state index contributed by atoms with van der Waals surface area (Å²) in [5, 5.41) is 3.18. The van der Waals surface area contributed by atoms with Crippen LogP contribution in [0.1, 0.15) is 5.56 Å². The van der Waals surface area contributed by atoms with Crippen LogP contribution in [0.3, 0.4) is 0 Å². The molecule has 0 fully saturated rings. The average molecular weight is 318 g/mol. The molecule has 0 atom stereocenters. The molecule has 0 aliphatic carbocycles. The van der Waals surface area contributed by atoms with Gasteiger partial charge >= 0.3 is 6.61 Å². The van der Waals surface area contributed by atoms with E-state index >= 15 is 0 Å². The topological polar surface area (TPSA) is 21.3 Å². The van der Waals surface area contributed by atoms with Crippen molar-refractivity contribution in [3.05, 3.63) is 58.1 Å². The monoisotopic (exact) mass is 317 g/mol. The molecule has 20 heavy (non-hydrogen) atoms. The van der Waals surface area contributed by atoms with E-state index in [0.29, 0.717) is 12.2 Å². The second-order valence-corrected chi connectivity index (χ2v) is 4.80. The molecule has 0 spiro atoms. The molecular weight excluding hydrogens is 307 g/mol. The highest BCUT2D eigenvalue weighted by atomic mass is 35.5. The van der Waals surface area contributed by atoms with Gasteiger partial charge in [0.05, 0.1) is 10.0 Å². The van der Waals surface area contributed by atoms with Crippen molar-refractivity contribution in [2.45, 2.75) is 13.2 Å². The molecule has 0 bridgehead atoms. The average Bonchev–Trinajstić information content (AvgIpc) is 2.41. The first kappa shape index (κ1) is 14.9. The van der Waals surface area contributed by atoms with Gasteiger partial charge in [0.2, 0.25) is 0 Å². The number of halogens is 4. The van der Waals surface area contributed by atoms with Crippen molar-refractivity contribution in [1.82, 2.24) is 0 Å². The lowest BCUT2D eigenvalue weighted by Crippen LogP contribution is -2.04. The Bertz CT molecular complexity index is 556. The van der Waals surface area contributed by atoms with Crippen molar-refractivity contribution >= 4 is 28.9 Å². The lowest BCUT2D eigenvalue weighted by Gasteiger charge is -2.12. The molecule has 106 valence electrons. The van der Waals surface area contributed by atoms with E-state index in [4.69, 9.17) is 23.2 Å². The predicted octanol–water partition coefficient (Wildman–Crippen LogP) is 5.21. The van der Waals surface area contributed by atoms with Crippen LogP contribution in [-0.2, 0) is 6.54 Å². The van der Waals surface area contributed by atoms with Crippen molar-refractivity contribution in [1.29, 1.82) is 0 Å². The Hall–Kier alpha value is -1.52. The molecule has 2 aromatic rings. The largest absolute Gasteiger partial charge is 0.432 e. The zero-order chi connectivity index (χ0) is 14.5.